The molecule has 1 aliphatic carbocycles. The number of benzene rings is 1. The Morgan fingerprint density at radius 3 is 2.59 bits per heavy atom. The van der Waals surface area contributed by atoms with Gasteiger partial charge < -0.3 is 10.5 Å². The summed E-state index contributed by atoms with van der Waals surface area (Å²) >= 11 is 1.58. The third-order valence-electron chi connectivity index (χ3n) is 2.99. The van der Waals surface area contributed by atoms with Crippen LogP contribution in [-0.4, -0.2) is 12.1 Å². The summed E-state index contributed by atoms with van der Waals surface area (Å²) < 4.78 is 5.16. The first-order chi connectivity index (χ1) is 8.28. The lowest BCUT2D eigenvalue weighted by Gasteiger charge is -2.03. The zero-order valence-electron chi connectivity index (χ0n) is 9.64. The zero-order valence-corrected chi connectivity index (χ0v) is 10.5. The van der Waals surface area contributed by atoms with Crippen molar-refractivity contribution in [3.8, 4) is 16.2 Å². The highest BCUT2D eigenvalue weighted by atomic mass is 32.1. The molecule has 1 heterocycles. The molecule has 1 aromatic carbocycles. The van der Waals surface area contributed by atoms with Crippen molar-refractivity contribution in [2.75, 3.05) is 12.8 Å². The number of methoxy groups -OCH3 is 1. The summed E-state index contributed by atoms with van der Waals surface area (Å²) in [6.45, 7) is 0. The number of nitrogens with zero attached hydrogens (tertiary/aromatic N) is 1. The molecule has 1 saturated carbocycles. The molecule has 3 rings (SSSR count). The van der Waals surface area contributed by atoms with Crippen LogP contribution < -0.4 is 10.5 Å². The predicted molar refractivity (Wildman–Crippen MR) is 70.5 cm³/mol. The summed E-state index contributed by atoms with van der Waals surface area (Å²) in [6.07, 6.45) is 2.48. The number of rotatable bonds is 3. The van der Waals surface area contributed by atoms with Gasteiger partial charge in [0.05, 0.1) is 17.7 Å². The molecule has 0 unspecified atom stereocenters. The fourth-order valence-corrected chi connectivity index (χ4v) is 2.86. The van der Waals surface area contributed by atoms with Crippen molar-refractivity contribution in [2.24, 2.45) is 0 Å². The van der Waals surface area contributed by atoms with E-state index in [1.165, 1.54) is 29.0 Å². The molecule has 17 heavy (non-hydrogen) atoms. The number of hydrogen-bond donors (Lipinski definition) is 1. The Morgan fingerprint density at radius 2 is 2.00 bits per heavy atom. The van der Waals surface area contributed by atoms with Crippen LogP contribution in [0.15, 0.2) is 24.3 Å². The van der Waals surface area contributed by atoms with E-state index in [4.69, 9.17) is 10.5 Å². The fraction of sp³-hybridized carbons (Fsp3) is 0.308. The van der Waals surface area contributed by atoms with Crippen LogP contribution in [0, 0.1) is 0 Å². The summed E-state index contributed by atoms with van der Waals surface area (Å²) in [7, 11) is 1.68. The van der Waals surface area contributed by atoms with Crippen LogP contribution in [0.4, 0.5) is 5.13 Å². The molecule has 2 N–H and O–H groups in total. The Balaban J connectivity index is 2.01. The van der Waals surface area contributed by atoms with Crippen LogP contribution in [0.25, 0.3) is 10.4 Å². The van der Waals surface area contributed by atoms with Gasteiger partial charge in [0.1, 0.15) is 5.75 Å². The average molecular weight is 246 g/mol. The van der Waals surface area contributed by atoms with Gasteiger partial charge in [0, 0.05) is 5.92 Å². The molecule has 0 spiro atoms. The van der Waals surface area contributed by atoms with E-state index in [9.17, 15) is 0 Å². The van der Waals surface area contributed by atoms with Gasteiger partial charge in [-0.1, -0.05) is 11.3 Å². The molecule has 0 saturated heterocycles. The second-order valence-electron chi connectivity index (χ2n) is 4.27. The van der Waals surface area contributed by atoms with Crippen molar-refractivity contribution in [3.63, 3.8) is 0 Å². The molecule has 2 aromatic rings. The van der Waals surface area contributed by atoms with Gasteiger partial charge >= 0.3 is 0 Å². The molecule has 0 bridgehead atoms. The largest absolute Gasteiger partial charge is 0.497 e. The van der Waals surface area contributed by atoms with Crippen LogP contribution in [-0.2, 0) is 0 Å². The Kier molecular flexibility index (Phi) is 2.52. The van der Waals surface area contributed by atoms with E-state index in [0.717, 1.165) is 5.75 Å². The third kappa shape index (κ3) is 2.00. The predicted octanol–water partition coefficient (Wildman–Crippen LogP) is 3.28. The number of hydrogen-bond acceptors (Lipinski definition) is 4. The normalized spacial score (nSPS) is 14.9. The third-order valence-corrected chi connectivity index (χ3v) is 3.94. The molecule has 3 nitrogen and oxygen atoms in total. The highest BCUT2D eigenvalue weighted by molar-refractivity contribution is 7.18. The minimum Gasteiger partial charge on any atom is -0.497 e. The van der Waals surface area contributed by atoms with Gasteiger partial charge in [-0.2, -0.15) is 0 Å². The monoisotopic (exact) mass is 246 g/mol. The molecule has 4 heteroatoms. The molecular formula is C13H14N2OS. The lowest BCUT2D eigenvalue weighted by Crippen LogP contribution is -1.86. The number of anilines is 1. The van der Waals surface area contributed by atoms with E-state index in [1.54, 1.807) is 18.4 Å². The summed E-state index contributed by atoms with van der Waals surface area (Å²) in [5, 5.41) is 0.665. The van der Waals surface area contributed by atoms with Crippen LogP contribution >= 0.6 is 11.3 Å². The average Bonchev–Trinajstić information content (AvgIpc) is 3.13. The van der Waals surface area contributed by atoms with Gasteiger partial charge in [-0.05, 0) is 42.7 Å². The smallest absolute Gasteiger partial charge is 0.180 e. The van der Waals surface area contributed by atoms with Gasteiger partial charge in [-0.15, -0.1) is 0 Å². The van der Waals surface area contributed by atoms with E-state index in [1.807, 2.05) is 12.1 Å². The van der Waals surface area contributed by atoms with Gasteiger partial charge in [0.2, 0.25) is 0 Å². The number of thiazole rings is 1. The first-order valence-electron chi connectivity index (χ1n) is 5.68. The van der Waals surface area contributed by atoms with Crippen LogP contribution in [0.2, 0.25) is 0 Å². The van der Waals surface area contributed by atoms with Gasteiger partial charge in [-0.25, -0.2) is 4.98 Å². The van der Waals surface area contributed by atoms with Crippen LogP contribution in [0.1, 0.15) is 24.5 Å². The standard InChI is InChI=1S/C13H14N2OS/c1-16-10-6-4-9(5-7-10)12-11(8-2-3-8)15-13(14)17-12/h4-8H,2-3H2,1H3,(H2,14,15). The minimum absolute atomic E-state index is 0.626. The topological polar surface area (TPSA) is 48.1 Å². The van der Waals surface area contributed by atoms with Crippen molar-refractivity contribution in [1.82, 2.24) is 4.98 Å². The molecule has 1 aliphatic rings. The Labute approximate surface area is 104 Å². The number of nitrogen functional groups attached to an aromatic ring is 1. The quantitative estimate of drug-likeness (QED) is 0.904. The van der Waals surface area contributed by atoms with Crippen molar-refractivity contribution in [2.45, 2.75) is 18.8 Å². The van der Waals surface area contributed by atoms with E-state index in [0.29, 0.717) is 11.0 Å². The molecule has 0 atom stereocenters. The lowest BCUT2D eigenvalue weighted by molar-refractivity contribution is 0.415. The van der Waals surface area contributed by atoms with Gasteiger partial charge in [0.15, 0.2) is 5.13 Å². The molecule has 1 fully saturated rings. The fourth-order valence-electron chi connectivity index (χ4n) is 1.93. The van der Waals surface area contributed by atoms with Gasteiger partial charge in [0.25, 0.3) is 0 Å². The summed E-state index contributed by atoms with van der Waals surface area (Å²) in [6, 6.07) is 8.08. The molecule has 0 aliphatic heterocycles. The second-order valence-corrected chi connectivity index (χ2v) is 5.30. The van der Waals surface area contributed by atoms with Crippen molar-refractivity contribution in [1.29, 1.82) is 0 Å². The highest BCUT2D eigenvalue weighted by Crippen LogP contribution is 2.46. The van der Waals surface area contributed by atoms with E-state index < -0.39 is 0 Å². The first kappa shape index (κ1) is 10.6. The molecule has 88 valence electrons. The van der Waals surface area contributed by atoms with Crippen molar-refractivity contribution >= 4 is 16.5 Å². The zero-order chi connectivity index (χ0) is 11.8. The SMILES string of the molecule is COc1ccc(-c2sc(N)nc2C2CC2)cc1. The number of nitrogens with two attached hydrogens (primary N) is 1. The van der Waals surface area contributed by atoms with E-state index in [2.05, 4.69) is 17.1 Å². The summed E-state index contributed by atoms with van der Waals surface area (Å²) in [4.78, 5) is 5.67. The second kappa shape index (κ2) is 4.04. The lowest BCUT2D eigenvalue weighted by atomic mass is 10.1. The molecular weight excluding hydrogens is 232 g/mol. The Morgan fingerprint density at radius 1 is 1.29 bits per heavy atom. The molecule has 0 radical (unpaired) electrons. The Hall–Kier alpha value is -1.55. The number of ether oxygens (including phenoxy) is 1. The van der Waals surface area contributed by atoms with Crippen LogP contribution in [0.5, 0.6) is 5.75 Å². The van der Waals surface area contributed by atoms with E-state index in [-0.39, 0.29) is 0 Å². The van der Waals surface area contributed by atoms with E-state index >= 15 is 0 Å². The van der Waals surface area contributed by atoms with Gasteiger partial charge in [-0.3, -0.25) is 0 Å². The summed E-state index contributed by atoms with van der Waals surface area (Å²) in [5.74, 6) is 1.50. The molecule has 0 amide bonds. The maximum absolute atomic E-state index is 5.82. The van der Waals surface area contributed by atoms with Crippen LogP contribution in [0.3, 0.4) is 0 Å². The summed E-state index contributed by atoms with van der Waals surface area (Å²) in [5.41, 5.74) is 8.18. The van der Waals surface area contributed by atoms with Crippen molar-refractivity contribution < 1.29 is 4.74 Å². The number of aromatic nitrogens is 1. The highest BCUT2D eigenvalue weighted by Gasteiger charge is 2.29. The Bertz CT molecular complexity index is 529. The van der Waals surface area contributed by atoms with Crippen molar-refractivity contribution in [3.05, 3.63) is 30.0 Å². The maximum Gasteiger partial charge on any atom is 0.180 e. The maximum atomic E-state index is 5.82. The first-order valence-corrected chi connectivity index (χ1v) is 6.50. The minimum atomic E-state index is 0.626. The molecule has 1 aromatic heterocycles.